The van der Waals surface area contributed by atoms with E-state index in [0.29, 0.717) is 11.3 Å². The maximum atomic E-state index is 12.5. The second-order valence-electron chi connectivity index (χ2n) is 5.71. The normalized spacial score (nSPS) is 11.0. The Kier molecular flexibility index (Phi) is 6.87. The molecular weight excluding hydrogens is 380 g/mol. The van der Waals surface area contributed by atoms with Crippen molar-refractivity contribution < 1.29 is 33.6 Å². The van der Waals surface area contributed by atoms with Crippen LogP contribution in [0.2, 0.25) is 0 Å². The zero-order chi connectivity index (χ0) is 21.6. The quantitative estimate of drug-likeness (QED) is 0.643. The Morgan fingerprint density at radius 3 is 2.10 bits per heavy atom. The lowest BCUT2D eigenvalue weighted by Gasteiger charge is -2.23. The average Bonchev–Trinajstić information content (AvgIpc) is 2.75. The molecule has 0 saturated heterocycles. The fourth-order valence-corrected chi connectivity index (χ4v) is 2.80. The first kappa shape index (κ1) is 21.4. The molecule has 152 valence electrons. The van der Waals surface area contributed by atoms with Gasteiger partial charge in [-0.05, 0) is 30.3 Å². The van der Waals surface area contributed by atoms with Gasteiger partial charge in [0.2, 0.25) is 5.75 Å². The van der Waals surface area contributed by atoms with Gasteiger partial charge in [-0.1, -0.05) is 0 Å². The Balaban J connectivity index is 2.69. The molecule has 1 atom stereocenters. The molecule has 2 aromatic rings. The van der Waals surface area contributed by atoms with E-state index in [-0.39, 0.29) is 28.4 Å². The maximum absolute atomic E-state index is 12.5. The standard InChI is InChI=1S/C20H20N2O7/c1-26-14-9-13(15(20(25)29-4)18(28-3)17(14)27-2)16(19(23)24)22-12-7-5-11(10-21)6-8-12/h5-9,16,22H,1-4H3,(H,23,24). The number of carbonyl (C=O) groups is 2. The van der Waals surface area contributed by atoms with Gasteiger partial charge in [0.05, 0.1) is 40.1 Å². The van der Waals surface area contributed by atoms with Crippen molar-refractivity contribution in [1.29, 1.82) is 5.26 Å². The average molecular weight is 400 g/mol. The highest BCUT2D eigenvalue weighted by atomic mass is 16.5. The molecule has 0 spiro atoms. The molecule has 2 N–H and O–H groups in total. The number of rotatable bonds is 8. The van der Waals surface area contributed by atoms with Crippen molar-refractivity contribution in [3.8, 4) is 23.3 Å². The molecule has 0 bridgehead atoms. The minimum atomic E-state index is -1.36. The molecule has 0 amide bonds. The van der Waals surface area contributed by atoms with Crippen molar-refractivity contribution in [3.63, 3.8) is 0 Å². The number of aliphatic carboxylic acids is 1. The molecule has 2 rings (SSSR count). The molecule has 29 heavy (non-hydrogen) atoms. The third-order valence-electron chi connectivity index (χ3n) is 4.13. The topological polar surface area (TPSA) is 127 Å². The van der Waals surface area contributed by atoms with Crippen LogP contribution in [0, 0.1) is 11.3 Å². The van der Waals surface area contributed by atoms with Crippen molar-refractivity contribution in [1.82, 2.24) is 0 Å². The van der Waals surface area contributed by atoms with Gasteiger partial charge in [-0.15, -0.1) is 0 Å². The zero-order valence-electron chi connectivity index (χ0n) is 16.3. The predicted octanol–water partition coefficient (Wildman–Crippen LogP) is 2.61. The van der Waals surface area contributed by atoms with Crippen molar-refractivity contribution in [2.75, 3.05) is 33.8 Å². The minimum Gasteiger partial charge on any atom is -0.493 e. The van der Waals surface area contributed by atoms with E-state index in [0.717, 1.165) is 0 Å². The lowest BCUT2D eigenvalue weighted by molar-refractivity contribution is -0.138. The molecule has 9 nitrogen and oxygen atoms in total. The van der Waals surface area contributed by atoms with Crippen LogP contribution in [0.1, 0.15) is 27.5 Å². The van der Waals surface area contributed by atoms with E-state index in [1.165, 1.54) is 46.6 Å². The summed E-state index contributed by atoms with van der Waals surface area (Å²) in [7, 11) is 5.23. The van der Waals surface area contributed by atoms with Gasteiger partial charge in [-0.25, -0.2) is 9.59 Å². The van der Waals surface area contributed by atoms with Crippen LogP contribution in [0.25, 0.3) is 0 Å². The van der Waals surface area contributed by atoms with Crippen molar-refractivity contribution in [2.45, 2.75) is 6.04 Å². The molecule has 9 heteroatoms. The van der Waals surface area contributed by atoms with Gasteiger partial charge in [0.15, 0.2) is 17.5 Å². The van der Waals surface area contributed by atoms with Crippen molar-refractivity contribution in [3.05, 3.63) is 47.0 Å². The predicted molar refractivity (Wildman–Crippen MR) is 103 cm³/mol. The molecule has 0 saturated carbocycles. The van der Waals surface area contributed by atoms with Gasteiger partial charge in [-0.2, -0.15) is 5.26 Å². The molecule has 0 aliphatic carbocycles. The van der Waals surface area contributed by atoms with Gasteiger partial charge >= 0.3 is 11.9 Å². The Bertz CT molecular complexity index is 949. The second kappa shape index (κ2) is 9.32. The fourth-order valence-electron chi connectivity index (χ4n) is 2.80. The molecule has 0 aliphatic heterocycles. The largest absolute Gasteiger partial charge is 0.493 e. The van der Waals surface area contributed by atoms with Crippen LogP contribution in [0.5, 0.6) is 17.2 Å². The van der Waals surface area contributed by atoms with Crippen LogP contribution in [0.4, 0.5) is 5.69 Å². The SMILES string of the molecule is COC(=O)c1c(C(Nc2ccc(C#N)cc2)C(=O)O)cc(OC)c(OC)c1OC. The summed E-state index contributed by atoms with van der Waals surface area (Å²) in [5, 5.41) is 21.6. The summed E-state index contributed by atoms with van der Waals surface area (Å²) in [5.41, 5.74) is 0.802. The summed E-state index contributed by atoms with van der Waals surface area (Å²) >= 11 is 0. The molecule has 0 fully saturated rings. The van der Waals surface area contributed by atoms with E-state index >= 15 is 0 Å². The Morgan fingerprint density at radius 1 is 1.03 bits per heavy atom. The zero-order valence-corrected chi connectivity index (χ0v) is 16.3. The van der Waals surface area contributed by atoms with Crippen molar-refractivity contribution >= 4 is 17.6 Å². The van der Waals surface area contributed by atoms with E-state index in [9.17, 15) is 14.7 Å². The van der Waals surface area contributed by atoms with Crippen LogP contribution in [0.15, 0.2) is 30.3 Å². The molecule has 0 radical (unpaired) electrons. The number of esters is 1. The first-order chi connectivity index (χ1) is 13.9. The van der Waals surface area contributed by atoms with Crippen LogP contribution < -0.4 is 19.5 Å². The van der Waals surface area contributed by atoms with Crippen LogP contribution >= 0.6 is 0 Å². The summed E-state index contributed by atoms with van der Waals surface area (Å²) in [4.78, 5) is 24.6. The third kappa shape index (κ3) is 4.32. The fraction of sp³-hybridized carbons (Fsp3) is 0.250. The lowest BCUT2D eigenvalue weighted by Crippen LogP contribution is -2.24. The first-order valence-electron chi connectivity index (χ1n) is 8.32. The second-order valence-corrected chi connectivity index (χ2v) is 5.71. The van der Waals surface area contributed by atoms with Crippen LogP contribution in [-0.4, -0.2) is 45.5 Å². The molecular formula is C20H20N2O7. The number of benzene rings is 2. The highest BCUT2D eigenvalue weighted by Gasteiger charge is 2.33. The minimum absolute atomic E-state index is 0.0124. The summed E-state index contributed by atoms with van der Waals surface area (Å²) in [6.45, 7) is 0. The third-order valence-corrected chi connectivity index (χ3v) is 4.13. The number of ether oxygens (including phenoxy) is 4. The van der Waals surface area contributed by atoms with Crippen molar-refractivity contribution in [2.24, 2.45) is 0 Å². The first-order valence-corrected chi connectivity index (χ1v) is 8.32. The number of hydrogen-bond acceptors (Lipinski definition) is 8. The summed E-state index contributed by atoms with van der Waals surface area (Å²) in [5.74, 6) is -1.76. The number of anilines is 1. The highest BCUT2D eigenvalue weighted by Crippen LogP contribution is 2.44. The monoisotopic (exact) mass is 400 g/mol. The van der Waals surface area contributed by atoms with E-state index in [1.54, 1.807) is 12.1 Å². The number of carboxylic acid groups (broad SMARTS) is 1. The van der Waals surface area contributed by atoms with E-state index in [4.69, 9.17) is 24.2 Å². The van der Waals surface area contributed by atoms with Gasteiger partial charge in [0.1, 0.15) is 5.56 Å². The molecule has 0 aliphatic rings. The number of hydrogen-bond donors (Lipinski definition) is 2. The van der Waals surface area contributed by atoms with E-state index in [2.05, 4.69) is 5.32 Å². The van der Waals surface area contributed by atoms with Gasteiger partial charge in [0, 0.05) is 11.3 Å². The van der Waals surface area contributed by atoms with Gasteiger partial charge in [-0.3, -0.25) is 0 Å². The number of nitrogens with zero attached hydrogens (tertiary/aromatic N) is 1. The number of carboxylic acids is 1. The lowest BCUT2D eigenvalue weighted by atomic mass is 9.97. The van der Waals surface area contributed by atoms with Gasteiger partial charge < -0.3 is 29.4 Å². The molecule has 2 aromatic carbocycles. The Morgan fingerprint density at radius 2 is 1.66 bits per heavy atom. The molecule has 0 heterocycles. The Hall–Kier alpha value is -3.93. The Labute approximate surface area is 167 Å². The smallest absolute Gasteiger partial charge is 0.342 e. The van der Waals surface area contributed by atoms with E-state index < -0.39 is 18.0 Å². The summed E-state index contributed by atoms with van der Waals surface area (Å²) in [6.07, 6.45) is 0. The summed E-state index contributed by atoms with van der Waals surface area (Å²) in [6, 6.07) is 8.20. The molecule has 1 unspecified atom stereocenters. The highest BCUT2D eigenvalue weighted by molar-refractivity contribution is 5.98. The number of nitrogens with one attached hydrogen (secondary N) is 1. The molecule has 0 aromatic heterocycles. The number of carbonyl (C=O) groups excluding carboxylic acids is 1. The maximum Gasteiger partial charge on any atom is 0.342 e. The van der Waals surface area contributed by atoms with Gasteiger partial charge in [0.25, 0.3) is 0 Å². The van der Waals surface area contributed by atoms with Crippen LogP contribution in [0.3, 0.4) is 0 Å². The van der Waals surface area contributed by atoms with Crippen LogP contribution in [-0.2, 0) is 9.53 Å². The number of nitriles is 1. The number of methoxy groups -OCH3 is 4. The summed E-state index contributed by atoms with van der Waals surface area (Å²) < 4.78 is 20.7. The van der Waals surface area contributed by atoms with E-state index in [1.807, 2.05) is 6.07 Å².